The highest BCUT2D eigenvalue weighted by Crippen LogP contribution is 2.36. The molecule has 3 rings (SSSR count). The van der Waals surface area contributed by atoms with Crippen molar-refractivity contribution in [2.24, 2.45) is 0 Å². The Labute approximate surface area is 172 Å². The van der Waals surface area contributed by atoms with E-state index < -0.39 is 11.8 Å². The number of carbonyl (C=O) groups excluding carboxylic acids is 1. The van der Waals surface area contributed by atoms with Gasteiger partial charge in [0.1, 0.15) is 24.1 Å². The van der Waals surface area contributed by atoms with Crippen LogP contribution in [0.1, 0.15) is 39.2 Å². The second-order valence-corrected chi connectivity index (χ2v) is 7.84. The minimum Gasteiger partial charge on any atom is -0.497 e. The molecule has 6 nitrogen and oxygen atoms in total. The molecule has 6 heteroatoms. The largest absolute Gasteiger partial charge is 0.497 e. The molecule has 5 atom stereocenters. The fourth-order valence-electron chi connectivity index (χ4n) is 3.74. The van der Waals surface area contributed by atoms with E-state index in [4.69, 9.17) is 23.7 Å². The van der Waals surface area contributed by atoms with Gasteiger partial charge in [-0.1, -0.05) is 18.2 Å². The third kappa shape index (κ3) is 5.47. The monoisotopic (exact) mass is 402 g/mol. The average molecular weight is 402 g/mol. The summed E-state index contributed by atoms with van der Waals surface area (Å²) >= 11 is 0. The Bertz CT molecular complexity index is 738. The highest BCUT2D eigenvalue weighted by atomic mass is 16.8. The molecule has 0 aliphatic carbocycles. The lowest BCUT2D eigenvalue weighted by Crippen LogP contribution is -2.36. The van der Waals surface area contributed by atoms with Gasteiger partial charge in [-0.15, -0.1) is 6.58 Å². The summed E-state index contributed by atoms with van der Waals surface area (Å²) in [7, 11) is 1.61. The summed E-state index contributed by atoms with van der Waals surface area (Å²) in [5.74, 6) is -0.286. The zero-order valence-electron chi connectivity index (χ0n) is 17.5. The number of rotatable bonds is 7. The van der Waals surface area contributed by atoms with Crippen LogP contribution in [-0.2, 0) is 23.7 Å². The van der Waals surface area contributed by atoms with Crippen molar-refractivity contribution in [2.75, 3.05) is 7.11 Å². The third-order valence-electron chi connectivity index (χ3n) is 5.20. The number of hydrogen-bond acceptors (Lipinski definition) is 6. The Kier molecular flexibility index (Phi) is 6.77. The van der Waals surface area contributed by atoms with Crippen molar-refractivity contribution in [2.45, 2.75) is 69.9 Å². The van der Waals surface area contributed by atoms with E-state index in [0.717, 1.165) is 24.2 Å². The number of benzene rings is 1. The van der Waals surface area contributed by atoms with E-state index in [1.807, 2.05) is 45.0 Å². The van der Waals surface area contributed by atoms with Gasteiger partial charge < -0.3 is 23.7 Å². The number of esters is 1. The smallest absolute Gasteiger partial charge is 0.331 e. The van der Waals surface area contributed by atoms with Crippen molar-refractivity contribution >= 4 is 12.0 Å². The van der Waals surface area contributed by atoms with E-state index in [2.05, 4.69) is 6.58 Å². The molecule has 0 N–H and O–H groups in total. The molecule has 0 bridgehead atoms. The lowest BCUT2D eigenvalue weighted by Gasteiger charge is -2.24. The summed E-state index contributed by atoms with van der Waals surface area (Å²) in [6.45, 7) is 9.46. The van der Waals surface area contributed by atoms with Crippen LogP contribution < -0.4 is 4.74 Å². The first-order valence-electron chi connectivity index (χ1n) is 9.97. The van der Waals surface area contributed by atoms with E-state index in [1.54, 1.807) is 19.3 Å². The van der Waals surface area contributed by atoms with E-state index in [0.29, 0.717) is 0 Å². The first kappa shape index (κ1) is 21.6. The summed E-state index contributed by atoms with van der Waals surface area (Å²) in [5.41, 5.74) is 0.893. The Morgan fingerprint density at radius 3 is 2.62 bits per heavy atom. The van der Waals surface area contributed by atoms with Crippen LogP contribution in [0.25, 0.3) is 6.08 Å². The van der Waals surface area contributed by atoms with Crippen molar-refractivity contribution in [3.8, 4) is 5.75 Å². The van der Waals surface area contributed by atoms with E-state index in [-0.39, 0.29) is 30.5 Å². The number of methoxy groups -OCH3 is 1. The van der Waals surface area contributed by atoms with Gasteiger partial charge in [0.25, 0.3) is 0 Å². The molecule has 2 fully saturated rings. The Balaban J connectivity index is 1.50. The number of carbonyl (C=O) groups is 1. The SMILES string of the molecule is C=C[C@H]1OC(C)(C)O[C@H]1[C@H]1CC[C@@H]([C@H](C)OC(=O)/C=C/c2ccc(OC)cc2)O1. The molecule has 0 spiro atoms. The van der Waals surface area contributed by atoms with Crippen molar-refractivity contribution < 1.29 is 28.5 Å². The predicted molar refractivity (Wildman–Crippen MR) is 109 cm³/mol. The van der Waals surface area contributed by atoms with Crippen LogP contribution in [0.5, 0.6) is 5.75 Å². The summed E-state index contributed by atoms with van der Waals surface area (Å²) in [6, 6.07) is 7.43. The average Bonchev–Trinajstić information content (AvgIpc) is 3.30. The van der Waals surface area contributed by atoms with E-state index >= 15 is 0 Å². The molecule has 2 aliphatic rings. The molecule has 2 saturated heterocycles. The number of hydrogen-bond donors (Lipinski definition) is 0. The van der Waals surface area contributed by atoms with Gasteiger partial charge in [0.2, 0.25) is 0 Å². The van der Waals surface area contributed by atoms with Gasteiger partial charge in [-0.3, -0.25) is 0 Å². The molecule has 1 aromatic carbocycles. The van der Waals surface area contributed by atoms with Gasteiger partial charge in [0, 0.05) is 6.08 Å². The second-order valence-electron chi connectivity index (χ2n) is 7.84. The van der Waals surface area contributed by atoms with E-state index in [9.17, 15) is 4.79 Å². The molecule has 0 saturated carbocycles. The summed E-state index contributed by atoms with van der Waals surface area (Å²) < 4.78 is 28.7. The minimum absolute atomic E-state index is 0.110. The highest BCUT2D eigenvalue weighted by molar-refractivity contribution is 5.87. The van der Waals surface area contributed by atoms with Gasteiger partial charge >= 0.3 is 5.97 Å². The minimum atomic E-state index is -0.657. The molecule has 0 amide bonds. The maximum Gasteiger partial charge on any atom is 0.331 e. The van der Waals surface area contributed by atoms with Crippen LogP contribution >= 0.6 is 0 Å². The van der Waals surface area contributed by atoms with Crippen molar-refractivity contribution in [1.29, 1.82) is 0 Å². The molecule has 1 aromatic rings. The number of ether oxygens (including phenoxy) is 5. The lowest BCUT2D eigenvalue weighted by atomic mass is 10.0. The first-order chi connectivity index (χ1) is 13.8. The highest BCUT2D eigenvalue weighted by Gasteiger charge is 2.47. The summed E-state index contributed by atoms with van der Waals surface area (Å²) in [6.07, 6.45) is 5.46. The van der Waals surface area contributed by atoms with Gasteiger partial charge in [-0.05, 0) is 57.4 Å². The zero-order valence-corrected chi connectivity index (χ0v) is 17.5. The van der Waals surface area contributed by atoms with Gasteiger partial charge in [-0.2, -0.15) is 0 Å². The lowest BCUT2D eigenvalue weighted by molar-refractivity contribution is -0.164. The Hall–Kier alpha value is -2.15. The van der Waals surface area contributed by atoms with Gasteiger partial charge in [0.05, 0.1) is 19.3 Å². The molecular weight excluding hydrogens is 372 g/mol. The van der Waals surface area contributed by atoms with E-state index in [1.165, 1.54) is 6.08 Å². The van der Waals surface area contributed by atoms with Crippen LogP contribution in [0, 0.1) is 0 Å². The maximum atomic E-state index is 12.2. The van der Waals surface area contributed by atoms with Crippen molar-refractivity contribution in [3.05, 3.63) is 48.6 Å². The fourth-order valence-corrected chi connectivity index (χ4v) is 3.74. The predicted octanol–water partition coefficient (Wildman–Crippen LogP) is 3.89. The maximum absolute atomic E-state index is 12.2. The zero-order chi connectivity index (χ0) is 21.0. The molecular formula is C23H30O6. The fraction of sp³-hybridized carbons (Fsp3) is 0.522. The summed E-state index contributed by atoms with van der Waals surface area (Å²) in [4.78, 5) is 12.2. The quantitative estimate of drug-likeness (QED) is 0.392. The molecule has 0 unspecified atom stereocenters. The van der Waals surface area contributed by atoms with Gasteiger partial charge in [-0.25, -0.2) is 4.79 Å². The Morgan fingerprint density at radius 1 is 1.24 bits per heavy atom. The molecule has 158 valence electrons. The standard InChI is InChI=1S/C23H30O6/c1-6-18-22(29-23(3,4)28-18)20-13-12-19(27-20)15(2)26-21(24)14-9-16-7-10-17(25-5)11-8-16/h6-11,14-15,18-20,22H,1,12-13H2,2-5H3/b14-9+/t15-,18+,19-,20+,22+/m0/s1. The molecule has 29 heavy (non-hydrogen) atoms. The molecule has 2 heterocycles. The second kappa shape index (κ2) is 9.11. The first-order valence-corrected chi connectivity index (χ1v) is 9.97. The molecule has 0 aromatic heterocycles. The van der Waals surface area contributed by atoms with Crippen LogP contribution in [-0.4, -0.2) is 49.4 Å². The van der Waals surface area contributed by atoms with Crippen LogP contribution in [0.15, 0.2) is 43.0 Å². The van der Waals surface area contributed by atoms with Gasteiger partial charge in [0.15, 0.2) is 5.79 Å². The van der Waals surface area contributed by atoms with Crippen LogP contribution in [0.4, 0.5) is 0 Å². The normalized spacial score (nSPS) is 29.7. The van der Waals surface area contributed by atoms with Crippen molar-refractivity contribution in [3.63, 3.8) is 0 Å². The molecule has 2 aliphatic heterocycles. The third-order valence-corrected chi connectivity index (χ3v) is 5.20. The Morgan fingerprint density at radius 2 is 1.97 bits per heavy atom. The van der Waals surface area contributed by atoms with Crippen molar-refractivity contribution in [1.82, 2.24) is 0 Å². The van der Waals surface area contributed by atoms with Crippen LogP contribution in [0.3, 0.4) is 0 Å². The summed E-state index contributed by atoms with van der Waals surface area (Å²) in [5, 5.41) is 0. The topological polar surface area (TPSA) is 63.2 Å². The molecule has 0 radical (unpaired) electrons. The van der Waals surface area contributed by atoms with Crippen LogP contribution in [0.2, 0.25) is 0 Å².